The molecule has 0 aromatic heterocycles. The van der Waals surface area contributed by atoms with Crippen molar-refractivity contribution in [2.45, 2.75) is 58.5 Å². The molecule has 1 saturated heterocycles. The molecule has 4 nitrogen and oxygen atoms in total. The van der Waals surface area contributed by atoms with Gasteiger partial charge in [-0.1, -0.05) is 26.0 Å². The predicted molar refractivity (Wildman–Crippen MR) is 84.3 cm³/mol. The molecule has 1 aromatic carbocycles. The van der Waals surface area contributed by atoms with E-state index in [1.54, 1.807) is 0 Å². The zero-order valence-electron chi connectivity index (χ0n) is 13.4. The van der Waals surface area contributed by atoms with Crippen LogP contribution in [0.2, 0.25) is 0 Å². The molecule has 1 aromatic rings. The highest BCUT2D eigenvalue weighted by Crippen LogP contribution is 2.26. The van der Waals surface area contributed by atoms with Gasteiger partial charge in [-0.25, -0.2) is 4.90 Å². The third kappa shape index (κ3) is 3.50. The molecule has 1 unspecified atom stereocenters. The lowest BCUT2D eigenvalue weighted by Gasteiger charge is -2.24. The average molecular weight is 288 g/mol. The first-order chi connectivity index (χ1) is 9.69. The average Bonchev–Trinajstić information content (AvgIpc) is 2.62. The molecule has 4 heteroatoms. The SMILES string of the molecule is CC(C)c1ccc(N2C(=O)CC(NC(C)(C)C)C2=O)cc1. The lowest BCUT2D eigenvalue weighted by atomic mass is 10.0. The molecular formula is C17H24N2O2. The third-order valence-corrected chi connectivity index (χ3v) is 3.57. The molecule has 21 heavy (non-hydrogen) atoms. The molecule has 2 rings (SSSR count). The van der Waals surface area contributed by atoms with Crippen LogP contribution in [0.15, 0.2) is 24.3 Å². The Kier molecular flexibility index (Phi) is 4.19. The van der Waals surface area contributed by atoms with Gasteiger partial charge in [-0.3, -0.25) is 9.59 Å². The minimum atomic E-state index is -0.428. The van der Waals surface area contributed by atoms with Gasteiger partial charge in [0.25, 0.3) is 5.91 Å². The summed E-state index contributed by atoms with van der Waals surface area (Å²) in [5.74, 6) is 0.130. The van der Waals surface area contributed by atoms with Crippen LogP contribution in [0.5, 0.6) is 0 Å². The van der Waals surface area contributed by atoms with Crippen LogP contribution in [0, 0.1) is 0 Å². The number of benzene rings is 1. The van der Waals surface area contributed by atoms with E-state index in [9.17, 15) is 9.59 Å². The summed E-state index contributed by atoms with van der Waals surface area (Å²) in [6, 6.07) is 7.23. The Bertz CT molecular complexity index is 541. The summed E-state index contributed by atoms with van der Waals surface area (Å²) in [5.41, 5.74) is 1.66. The topological polar surface area (TPSA) is 49.4 Å². The molecule has 1 heterocycles. The van der Waals surface area contributed by atoms with Gasteiger partial charge in [0.05, 0.1) is 18.2 Å². The highest BCUT2D eigenvalue weighted by molar-refractivity contribution is 6.22. The lowest BCUT2D eigenvalue weighted by molar-refractivity contribution is -0.121. The van der Waals surface area contributed by atoms with Crippen LogP contribution >= 0.6 is 0 Å². The predicted octanol–water partition coefficient (Wildman–Crippen LogP) is 2.83. The Balaban J connectivity index is 2.20. The largest absolute Gasteiger partial charge is 0.301 e. The van der Waals surface area contributed by atoms with Gasteiger partial charge >= 0.3 is 0 Å². The second-order valence-corrected chi connectivity index (χ2v) is 6.96. The molecule has 1 aliphatic rings. The van der Waals surface area contributed by atoms with Crippen LogP contribution in [0.25, 0.3) is 0 Å². The van der Waals surface area contributed by atoms with Crippen LogP contribution < -0.4 is 10.2 Å². The Morgan fingerprint density at radius 1 is 1.14 bits per heavy atom. The number of nitrogens with one attached hydrogen (secondary N) is 1. The van der Waals surface area contributed by atoms with Crippen LogP contribution in [0.3, 0.4) is 0 Å². The second kappa shape index (κ2) is 5.60. The number of amides is 2. The molecule has 1 fully saturated rings. The first-order valence-corrected chi connectivity index (χ1v) is 7.43. The molecule has 0 bridgehead atoms. The van der Waals surface area contributed by atoms with Crippen LogP contribution in [-0.2, 0) is 9.59 Å². The fourth-order valence-electron chi connectivity index (χ4n) is 2.55. The van der Waals surface area contributed by atoms with E-state index >= 15 is 0 Å². The molecule has 1 atom stereocenters. The maximum Gasteiger partial charge on any atom is 0.251 e. The van der Waals surface area contributed by atoms with Crippen molar-refractivity contribution in [3.05, 3.63) is 29.8 Å². The quantitative estimate of drug-likeness (QED) is 0.870. The minimum Gasteiger partial charge on any atom is -0.301 e. The number of carbonyl (C=O) groups is 2. The number of hydrogen-bond acceptors (Lipinski definition) is 3. The van der Waals surface area contributed by atoms with Gasteiger partial charge in [0.2, 0.25) is 5.91 Å². The van der Waals surface area contributed by atoms with Crippen molar-refractivity contribution in [3.8, 4) is 0 Å². The van der Waals surface area contributed by atoms with E-state index in [1.165, 1.54) is 10.5 Å². The lowest BCUT2D eigenvalue weighted by Crippen LogP contribution is -2.47. The summed E-state index contributed by atoms with van der Waals surface area (Å²) in [4.78, 5) is 25.9. The molecule has 1 aliphatic heterocycles. The van der Waals surface area contributed by atoms with Gasteiger partial charge in [-0.2, -0.15) is 0 Å². The molecule has 1 N–H and O–H groups in total. The summed E-state index contributed by atoms with van der Waals surface area (Å²) in [6.45, 7) is 10.2. The minimum absolute atomic E-state index is 0.140. The van der Waals surface area contributed by atoms with Crippen molar-refractivity contribution >= 4 is 17.5 Å². The summed E-state index contributed by atoms with van der Waals surface area (Å²) >= 11 is 0. The zero-order valence-corrected chi connectivity index (χ0v) is 13.4. The Hall–Kier alpha value is -1.68. The smallest absolute Gasteiger partial charge is 0.251 e. The monoisotopic (exact) mass is 288 g/mol. The first kappa shape index (κ1) is 15.7. The standard InChI is InChI=1S/C17H24N2O2/c1-11(2)12-6-8-13(9-7-12)19-15(20)10-14(16(19)21)18-17(3,4)5/h6-9,11,14,18H,10H2,1-5H3. The number of nitrogens with zero attached hydrogens (tertiary/aromatic N) is 1. The Morgan fingerprint density at radius 3 is 2.19 bits per heavy atom. The van der Waals surface area contributed by atoms with Crippen molar-refractivity contribution in [3.63, 3.8) is 0 Å². The molecule has 114 valence electrons. The van der Waals surface area contributed by atoms with E-state index in [0.29, 0.717) is 11.6 Å². The normalized spacial score (nSPS) is 19.7. The van der Waals surface area contributed by atoms with Crippen LogP contribution in [-0.4, -0.2) is 23.4 Å². The van der Waals surface area contributed by atoms with Crippen molar-refractivity contribution in [1.29, 1.82) is 0 Å². The van der Waals surface area contributed by atoms with E-state index in [4.69, 9.17) is 0 Å². The van der Waals surface area contributed by atoms with Crippen molar-refractivity contribution < 1.29 is 9.59 Å². The van der Waals surface area contributed by atoms with E-state index in [1.807, 2.05) is 45.0 Å². The molecule has 0 spiro atoms. The summed E-state index contributed by atoms with van der Waals surface area (Å²) in [5, 5.41) is 3.22. The molecule has 0 aliphatic carbocycles. The summed E-state index contributed by atoms with van der Waals surface area (Å²) < 4.78 is 0. The second-order valence-electron chi connectivity index (χ2n) is 6.96. The number of rotatable bonds is 3. The van der Waals surface area contributed by atoms with Gasteiger partial charge in [0.1, 0.15) is 0 Å². The van der Waals surface area contributed by atoms with Gasteiger partial charge in [0.15, 0.2) is 0 Å². The maximum absolute atomic E-state index is 12.5. The summed E-state index contributed by atoms with van der Waals surface area (Å²) in [7, 11) is 0. The van der Waals surface area contributed by atoms with E-state index in [0.717, 1.165) is 0 Å². The van der Waals surface area contributed by atoms with E-state index < -0.39 is 6.04 Å². The van der Waals surface area contributed by atoms with E-state index in [2.05, 4.69) is 19.2 Å². The van der Waals surface area contributed by atoms with Crippen molar-refractivity contribution in [1.82, 2.24) is 5.32 Å². The molecule has 0 saturated carbocycles. The maximum atomic E-state index is 12.5. The van der Waals surface area contributed by atoms with E-state index in [-0.39, 0.29) is 23.8 Å². The van der Waals surface area contributed by atoms with Crippen molar-refractivity contribution in [2.24, 2.45) is 0 Å². The first-order valence-electron chi connectivity index (χ1n) is 7.43. The van der Waals surface area contributed by atoms with Crippen LogP contribution in [0.1, 0.15) is 52.5 Å². The zero-order chi connectivity index (χ0) is 15.8. The number of anilines is 1. The fourth-order valence-corrected chi connectivity index (χ4v) is 2.55. The number of hydrogen-bond donors (Lipinski definition) is 1. The fraction of sp³-hybridized carbons (Fsp3) is 0.529. The molecular weight excluding hydrogens is 264 g/mol. The highest BCUT2D eigenvalue weighted by Gasteiger charge is 2.40. The van der Waals surface area contributed by atoms with Crippen molar-refractivity contribution in [2.75, 3.05) is 4.90 Å². The van der Waals surface area contributed by atoms with Gasteiger partial charge in [-0.05, 0) is 44.4 Å². The Labute approximate surface area is 126 Å². The number of carbonyl (C=O) groups excluding carboxylic acids is 2. The third-order valence-electron chi connectivity index (χ3n) is 3.57. The van der Waals surface area contributed by atoms with Crippen LogP contribution in [0.4, 0.5) is 5.69 Å². The molecule has 2 amide bonds. The van der Waals surface area contributed by atoms with Gasteiger partial charge in [-0.15, -0.1) is 0 Å². The Morgan fingerprint density at radius 2 is 1.71 bits per heavy atom. The van der Waals surface area contributed by atoms with Gasteiger partial charge < -0.3 is 5.32 Å². The van der Waals surface area contributed by atoms with Gasteiger partial charge in [0, 0.05) is 5.54 Å². The summed E-state index contributed by atoms with van der Waals surface area (Å²) in [6.07, 6.45) is 0.224. The number of imide groups is 1. The highest BCUT2D eigenvalue weighted by atomic mass is 16.2. The molecule has 0 radical (unpaired) electrons.